The van der Waals surface area contributed by atoms with Gasteiger partial charge in [0.25, 0.3) is 0 Å². The van der Waals surface area contributed by atoms with E-state index in [1.807, 2.05) is 18.2 Å². The van der Waals surface area contributed by atoms with Gasteiger partial charge in [-0.25, -0.2) is 0 Å². The fraction of sp³-hybridized carbons (Fsp3) is 0.294. The molecule has 5 heteroatoms. The lowest BCUT2D eigenvalue weighted by Crippen LogP contribution is -2.12. The van der Waals surface area contributed by atoms with Gasteiger partial charge in [0.05, 0.1) is 27.9 Å². The Morgan fingerprint density at radius 3 is 2.00 bits per heavy atom. The number of para-hydroxylation sites is 2. The Hall–Kier alpha value is -2.40. The van der Waals surface area contributed by atoms with Crippen molar-refractivity contribution in [3.63, 3.8) is 0 Å². The Labute approximate surface area is 130 Å². The zero-order valence-electron chi connectivity index (χ0n) is 12.9. The van der Waals surface area contributed by atoms with E-state index >= 15 is 0 Å². The molecule has 0 aliphatic carbocycles. The van der Waals surface area contributed by atoms with Crippen molar-refractivity contribution < 1.29 is 24.1 Å². The quantitative estimate of drug-likeness (QED) is 0.852. The largest absolute Gasteiger partial charge is 0.493 e. The molecule has 0 bridgehead atoms. The highest BCUT2D eigenvalue weighted by molar-refractivity contribution is 5.44. The van der Waals surface area contributed by atoms with E-state index in [-0.39, 0.29) is 6.61 Å². The Bertz CT molecular complexity index is 612. The topological polar surface area (TPSA) is 57.2 Å². The summed E-state index contributed by atoms with van der Waals surface area (Å²) in [6.07, 6.45) is -0.531. The first-order valence-corrected chi connectivity index (χ1v) is 6.86. The molecule has 0 saturated carbocycles. The molecule has 0 aromatic heterocycles. The minimum absolute atomic E-state index is 0.173. The first-order chi connectivity index (χ1) is 10.7. The minimum atomic E-state index is -0.531. The molecule has 1 atom stereocenters. The van der Waals surface area contributed by atoms with Crippen molar-refractivity contribution >= 4 is 0 Å². The monoisotopic (exact) mass is 304 g/mol. The van der Waals surface area contributed by atoms with Gasteiger partial charge >= 0.3 is 0 Å². The molecular weight excluding hydrogens is 284 g/mol. The molecule has 0 aliphatic rings. The summed E-state index contributed by atoms with van der Waals surface area (Å²) in [4.78, 5) is 0. The lowest BCUT2D eigenvalue weighted by atomic mass is 10.1. The van der Waals surface area contributed by atoms with Crippen molar-refractivity contribution in [2.75, 3.05) is 27.9 Å². The molecule has 22 heavy (non-hydrogen) atoms. The zero-order chi connectivity index (χ0) is 15.9. The zero-order valence-corrected chi connectivity index (χ0v) is 12.9. The van der Waals surface area contributed by atoms with Gasteiger partial charge in [0, 0.05) is 0 Å². The van der Waals surface area contributed by atoms with Gasteiger partial charge in [0.1, 0.15) is 6.10 Å². The first kappa shape index (κ1) is 16.0. The van der Waals surface area contributed by atoms with Gasteiger partial charge in [-0.1, -0.05) is 18.2 Å². The molecule has 0 saturated heterocycles. The van der Waals surface area contributed by atoms with E-state index in [1.54, 1.807) is 45.6 Å². The number of rotatable bonds is 7. The van der Waals surface area contributed by atoms with Crippen LogP contribution in [0.1, 0.15) is 11.7 Å². The average molecular weight is 304 g/mol. The average Bonchev–Trinajstić information content (AvgIpc) is 2.59. The second kappa shape index (κ2) is 7.56. The molecule has 2 rings (SSSR count). The van der Waals surface area contributed by atoms with Crippen LogP contribution in [-0.4, -0.2) is 33.0 Å². The van der Waals surface area contributed by atoms with Crippen LogP contribution in [-0.2, 0) is 0 Å². The minimum Gasteiger partial charge on any atom is -0.493 e. The van der Waals surface area contributed by atoms with Gasteiger partial charge in [0.15, 0.2) is 23.0 Å². The summed E-state index contributed by atoms with van der Waals surface area (Å²) < 4.78 is 21.6. The lowest BCUT2D eigenvalue weighted by molar-refractivity contribution is 0.113. The SMILES string of the molecule is COc1ccc(C(CO)Oc2ccccc2OC)cc1OC. The molecule has 1 unspecified atom stereocenters. The summed E-state index contributed by atoms with van der Waals surface area (Å²) in [6, 6.07) is 12.7. The van der Waals surface area contributed by atoms with E-state index < -0.39 is 6.10 Å². The van der Waals surface area contributed by atoms with Gasteiger partial charge in [-0.2, -0.15) is 0 Å². The van der Waals surface area contributed by atoms with Gasteiger partial charge in [0.2, 0.25) is 0 Å². The molecule has 118 valence electrons. The van der Waals surface area contributed by atoms with Crippen LogP contribution >= 0.6 is 0 Å². The second-order valence-electron chi connectivity index (χ2n) is 4.55. The van der Waals surface area contributed by atoms with Crippen LogP contribution in [0.15, 0.2) is 42.5 Å². The number of aliphatic hydroxyl groups excluding tert-OH is 1. The maximum atomic E-state index is 9.66. The molecule has 0 radical (unpaired) electrons. The molecule has 0 amide bonds. The molecule has 0 aliphatic heterocycles. The summed E-state index contributed by atoms with van der Waals surface area (Å²) in [5.74, 6) is 2.39. The van der Waals surface area contributed by atoms with E-state index in [9.17, 15) is 5.11 Å². The third-order valence-electron chi connectivity index (χ3n) is 3.28. The second-order valence-corrected chi connectivity index (χ2v) is 4.55. The van der Waals surface area contributed by atoms with E-state index in [0.29, 0.717) is 23.0 Å². The summed E-state index contributed by atoms with van der Waals surface area (Å²) >= 11 is 0. The third kappa shape index (κ3) is 3.43. The van der Waals surface area contributed by atoms with Gasteiger partial charge in [-0.15, -0.1) is 0 Å². The Balaban J connectivity index is 2.28. The molecule has 0 spiro atoms. The van der Waals surface area contributed by atoms with Crippen molar-refractivity contribution in [3.05, 3.63) is 48.0 Å². The number of hydrogen-bond acceptors (Lipinski definition) is 5. The van der Waals surface area contributed by atoms with Crippen molar-refractivity contribution in [1.29, 1.82) is 0 Å². The highest BCUT2D eigenvalue weighted by Gasteiger charge is 2.17. The predicted octanol–water partition coefficient (Wildman–Crippen LogP) is 2.82. The molecule has 2 aromatic carbocycles. The van der Waals surface area contributed by atoms with Crippen LogP contribution in [0.3, 0.4) is 0 Å². The summed E-state index contributed by atoms with van der Waals surface area (Å²) in [5, 5.41) is 9.66. The number of hydrogen-bond donors (Lipinski definition) is 1. The van der Waals surface area contributed by atoms with Crippen molar-refractivity contribution in [1.82, 2.24) is 0 Å². The Morgan fingerprint density at radius 2 is 1.41 bits per heavy atom. The standard InChI is InChI=1S/C17H20O5/c1-19-13-6-4-5-7-15(13)22-17(11-18)12-8-9-14(20-2)16(10-12)21-3/h4-10,17-18H,11H2,1-3H3. The van der Waals surface area contributed by atoms with E-state index in [1.165, 1.54) is 0 Å². The molecule has 5 nitrogen and oxygen atoms in total. The smallest absolute Gasteiger partial charge is 0.162 e. The molecule has 0 heterocycles. The summed E-state index contributed by atoms with van der Waals surface area (Å²) in [5.41, 5.74) is 0.783. The normalized spacial score (nSPS) is 11.6. The van der Waals surface area contributed by atoms with Crippen LogP contribution in [0.2, 0.25) is 0 Å². The number of benzene rings is 2. The third-order valence-corrected chi connectivity index (χ3v) is 3.28. The van der Waals surface area contributed by atoms with Crippen LogP contribution in [0.25, 0.3) is 0 Å². The highest BCUT2D eigenvalue weighted by Crippen LogP contribution is 2.34. The lowest BCUT2D eigenvalue weighted by Gasteiger charge is -2.20. The van der Waals surface area contributed by atoms with E-state index in [4.69, 9.17) is 18.9 Å². The van der Waals surface area contributed by atoms with Gasteiger partial charge in [-0.05, 0) is 29.8 Å². The number of aliphatic hydroxyl groups is 1. The Morgan fingerprint density at radius 1 is 0.818 bits per heavy atom. The number of ether oxygens (including phenoxy) is 4. The molecular formula is C17H20O5. The number of methoxy groups -OCH3 is 3. The van der Waals surface area contributed by atoms with Crippen molar-refractivity contribution in [2.45, 2.75) is 6.10 Å². The molecule has 0 fully saturated rings. The van der Waals surface area contributed by atoms with Gasteiger partial charge in [-0.3, -0.25) is 0 Å². The fourth-order valence-electron chi connectivity index (χ4n) is 2.13. The van der Waals surface area contributed by atoms with Crippen molar-refractivity contribution in [3.8, 4) is 23.0 Å². The molecule has 1 N–H and O–H groups in total. The highest BCUT2D eigenvalue weighted by atomic mass is 16.5. The molecule has 2 aromatic rings. The van der Waals surface area contributed by atoms with Crippen LogP contribution in [0.4, 0.5) is 0 Å². The maximum absolute atomic E-state index is 9.66. The fourth-order valence-corrected chi connectivity index (χ4v) is 2.13. The van der Waals surface area contributed by atoms with Gasteiger partial charge < -0.3 is 24.1 Å². The van der Waals surface area contributed by atoms with Crippen LogP contribution in [0.5, 0.6) is 23.0 Å². The predicted molar refractivity (Wildman–Crippen MR) is 83.0 cm³/mol. The van der Waals surface area contributed by atoms with E-state index in [0.717, 1.165) is 5.56 Å². The summed E-state index contributed by atoms with van der Waals surface area (Å²) in [7, 11) is 4.72. The Kier molecular flexibility index (Phi) is 5.49. The van der Waals surface area contributed by atoms with Crippen LogP contribution < -0.4 is 18.9 Å². The van der Waals surface area contributed by atoms with E-state index in [2.05, 4.69) is 0 Å². The van der Waals surface area contributed by atoms with Crippen molar-refractivity contribution in [2.24, 2.45) is 0 Å². The first-order valence-electron chi connectivity index (χ1n) is 6.86. The summed E-state index contributed by atoms with van der Waals surface area (Å²) in [6.45, 7) is -0.173. The van der Waals surface area contributed by atoms with Crippen LogP contribution in [0, 0.1) is 0 Å². The maximum Gasteiger partial charge on any atom is 0.162 e.